The largest absolute Gasteiger partial charge is 0.244 e. The smallest absolute Gasteiger partial charge is 0.207 e. The van der Waals surface area contributed by atoms with Gasteiger partial charge in [-0.2, -0.15) is 4.72 Å². The van der Waals surface area contributed by atoms with E-state index >= 15 is 0 Å². The summed E-state index contributed by atoms with van der Waals surface area (Å²) >= 11 is 0. The van der Waals surface area contributed by atoms with E-state index < -0.39 is 32.6 Å². The Hall–Kier alpha value is -1.45. The molecule has 0 saturated heterocycles. The zero-order chi connectivity index (χ0) is 13.1. The van der Waals surface area contributed by atoms with Crippen molar-refractivity contribution in [2.24, 2.45) is 0 Å². The predicted octanol–water partition coefficient (Wildman–Crippen LogP) is 1.65. The zero-order valence-corrected chi connectivity index (χ0v) is 9.89. The molecule has 0 amide bonds. The highest BCUT2D eigenvalue weighted by atomic mass is 32.2. The van der Waals surface area contributed by atoms with Crippen molar-refractivity contribution < 1.29 is 17.2 Å². The summed E-state index contributed by atoms with van der Waals surface area (Å²) in [5.74, 6) is 0.350. The Morgan fingerprint density at radius 1 is 1.47 bits per heavy atom. The summed E-state index contributed by atoms with van der Waals surface area (Å²) in [6, 6.07) is 1.46. The Labute approximate surface area is 98.9 Å². The monoisotopic (exact) mass is 259 g/mol. The Bertz CT molecular complexity index is 549. The molecule has 0 radical (unpaired) electrons. The van der Waals surface area contributed by atoms with E-state index in [4.69, 9.17) is 6.42 Å². The van der Waals surface area contributed by atoms with Crippen LogP contribution in [-0.4, -0.2) is 14.5 Å². The van der Waals surface area contributed by atoms with Gasteiger partial charge in [0.1, 0.15) is 16.5 Å². The lowest BCUT2D eigenvalue weighted by Crippen LogP contribution is -2.33. The topological polar surface area (TPSA) is 46.2 Å². The maximum atomic E-state index is 13.3. The summed E-state index contributed by atoms with van der Waals surface area (Å²) in [6.45, 7) is 1.68. The molecule has 1 N–H and O–H groups in total. The molecular formula is C11H11F2NO2S. The highest BCUT2D eigenvalue weighted by Crippen LogP contribution is 2.16. The average Bonchev–Trinajstić information content (AvgIpc) is 2.29. The molecule has 0 spiro atoms. The van der Waals surface area contributed by atoms with Crippen LogP contribution in [0.4, 0.5) is 8.78 Å². The van der Waals surface area contributed by atoms with Crippen molar-refractivity contribution in [2.75, 3.05) is 0 Å². The molecule has 0 aliphatic carbocycles. The van der Waals surface area contributed by atoms with E-state index in [0.29, 0.717) is 12.5 Å². The molecule has 0 fully saturated rings. The van der Waals surface area contributed by atoms with Gasteiger partial charge < -0.3 is 0 Å². The molecule has 0 aromatic heterocycles. The summed E-state index contributed by atoms with van der Waals surface area (Å²) in [7, 11) is -4.14. The van der Waals surface area contributed by atoms with Gasteiger partial charge in [0.05, 0.1) is 6.04 Å². The van der Waals surface area contributed by atoms with Crippen LogP contribution in [0.3, 0.4) is 0 Å². The lowest BCUT2D eigenvalue weighted by Gasteiger charge is -2.11. The molecule has 1 unspecified atom stereocenters. The van der Waals surface area contributed by atoms with Crippen LogP contribution in [0.2, 0.25) is 0 Å². The minimum atomic E-state index is -4.14. The summed E-state index contributed by atoms with van der Waals surface area (Å²) < 4.78 is 51.7. The van der Waals surface area contributed by atoms with Crippen LogP contribution in [0.15, 0.2) is 23.1 Å². The van der Waals surface area contributed by atoms with Gasteiger partial charge in [0.2, 0.25) is 10.0 Å². The predicted molar refractivity (Wildman–Crippen MR) is 59.6 cm³/mol. The number of halogens is 2. The van der Waals surface area contributed by atoms with Crippen molar-refractivity contribution in [3.8, 4) is 12.3 Å². The number of hydrogen-bond acceptors (Lipinski definition) is 2. The number of hydrogen-bond donors (Lipinski definition) is 1. The molecule has 1 rings (SSSR count). The minimum absolute atomic E-state index is 0.354. The zero-order valence-electron chi connectivity index (χ0n) is 9.07. The second-order valence-corrected chi connectivity index (χ2v) is 5.01. The van der Waals surface area contributed by atoms with E-state index in [1.165, 1.54) is 0 Å². The molecule has 17 heavy (non-hydrogen) atoms. The molecule has 1 aromatic carbocycles. The van der Waals surface area contributed by atoms with E-state index in [2.05, 4.69) is 10.6 Å². The minimum Gasteiger partial charge on any atom is -0.207 e. The van der Waals surface area contributed by atoms with Crippen LogP contribution in [-0.2, 0) is 10.0 Å². The lowest BCUT2D eigenvalue weighted by molar-refractivity contribution is 0.540. The summed E-state index contributed by atoms with van der Waals surface area (Å²) in [4.78, 5) is -0.744. The van der Waals surface area contributed by atoms with Crippen molar-refractivity contribution in [2.45, 2.75) is 24.3 Å². The molecule has 0 aliphatic heterocycles. The Morgan fingerprint density at radius 3 is 2.65 bits per heavy atom. The maximum absolute atomic E-state index is 13.3. The second-order valence-electron chi connectivity index (χ2n) is 3.32. The van der Waals surface area contributed by atoms with Crippen LogP contribution >= 0.6 is 0 Å². The van der Waals surface area contributed by atoms with Crippen LogP contribution < -0.4 is 4.72 Å². The molecule has 3 nitrogen and oxygen atoms in total. The van der Waals surface area contributed by atoms with E-state index in [1.807, 2.05) is 0 Å². The molecule has 0 saturated carbocycles. The van der Waals surface area contributed by atoms with Gasteiger partial charge in [0, 0.05) is 0 Å². The van der Waals surface area contributed by atoms with Gasteiger partial charge in [-0.15, -0.1) is 6.42 Å². The Balaban J connectivity index is 3.14. The first-order valence-electron chi connectivity index (χ1n) is 4.84. The van der Waals surface area contributed by atoms with Crippen LogP contribution in [0, 0.1) is 24.0 Å². The molecule has 0 aliphatic rings. The van der Waals surface area contributed by atoms with Gasteiger partial charge in [-0.3, -0.25) is 0 Å². The molecule has 0 heterocycles. The third-order valence-corrected chi connectivity index (χ3v) is 3.58. The quantitative estimate of drug-likeness (QED) is 0.836. The highest BCUT2D eigenvalue weighted by Gasteiger charge is 2.22. The first kappa shape index (κ1) is 13.6. The van der Waals surface area contributed by atoms with Crippen LogP contribution in [0.5, 0.6) is 0 Å². The molecular weight excluding hydrogens is 248 g/mol. The van der Waals surface area contributed by atoms with Crippen LogP contribution in [0.25, 0.3) is 0 Å². The first-order chi connectivity index (χ1) is 7.90. The van der Waals surface area contributed by atoms with Gasteiger partial charge in [0.25, 0.3) is 0 Å². The standard InChI is InChI=1S/C11H11F2NO2S/c1-3-9(4-2)14-17(15,16)11-7-8(12)5-6-10(11)13/h1,5-7,9,14H,4H2,2H3. The van der Waals surface area contributed by atoms with Crippen LogP contribution in [0.1, 0.15) is 13.3 Å². The summed E-state index contributed by atoms with van der Waals surface area (Å²) in [5, 5.41) is 0. The maximum Gasteiger partial charge on any atom is 0.244 e. The lowest BCUT2D eigenvalue weighted by atomic mass is 10.3. The van der Waals surface area contributed by atoms with E-state index in [-0.39, 0.29) is 0 Å². The average molecular weight is 259 g/mol. The third-order valence-electron chi connectivity index (χ3n) is 2.09. The highest BCUT2D eigenvalue weighted by molar-refractivity contribution is 7.89. The Morgan fingerprint density at radius 2 is 2.12 bits per heavy atom. The third kappa shape index (κ3) is 3.25. The van der Waals surface area contributed by atoms with Gasteiger partial charge in [-0.05, 0) is 24.6 Å². The van der Waals surface area contributed by atoms with Crippen molar-refractivity contribution in [3.63, 3.8) is 0 Å². The summed E-state index contributed by atoms with van der Waals surface area (Å²) in [6.07, 6.45) is 5.45. The normalized spacial score (nSPS) is 13.1. The summed E-state index contributed by atoms with van der Waals surface area (Å²) in [5.41, 5.74) is 0. The second kappa shape index (κ2) is 5.25. The fourth-order valence-corrected chi connectivity index (χ4v) is 2.50. The number of benzene rings is 1. The van der Waals surface area contributed by atoms with E-state index in [9.17, 15) is 17.2 Å². The fourth-order valence-electron chi connectivity index (χ4n) is 1.17. The first-order valence-corrected chi connectivity index (χ1v) is 6.32. The molecule has 1 aromatic rings. The van der Waals surface area contributed by atoms with Gasteiger partial charge in [-0.1, -0.05) is 12.8 Å². The van der Waals surface area contributed by atoms with Gasteiger partial charge in [0.15, 0.2) is 0 Å². The van der Waals surface area contributed by atoms with Gasteiger partial charge >= 0.3 is 0 Å². The SMILES string of the molecule is C#CC(CC)NS(=O)(=O)c1cc(F)ccc1F. The van der Waals surface area contributed by atoms with Crippen molar-refractivity contribution in [1.29, 1.82) is 0 Å². The van der Waals surface area contributed by atoms with E-state index in [1.54, 1.807) is 6.92 Å². The van der Waals surface area contributed by atoms with Crippen molar-refractivity contribution in [1.82, 2.24) is 4.72 Å². The molecule has 6 heteroatoms. The molecule has 92 valence electrons. The fraction of sp³-hybridized carbons (Fsp3) is 0.273. The number of sulfonamides is 1. The Kier molecular flexibility index (Phi) is 4.21. The number of terminal acetylenes is 1. The van der Waals surface area contributed by atoms with E-state index in [0.717, 1.165) is 12.1 Å². The number of nitrogens with one attached hydrogen (secondary N) is 1. The number of rotatable bonds is 4. The van der Waals surface area contributed by atoms with Crippen molar-refractivity contribution >= 4 is 10.0 Å². The van der Waals surface area contributed by atoms with Gasteiger partial charge in [-0.25, -0.2) is 17.2 Å². The molecule has 0 bridgehead atoms. The molecule has 1 atom stereocenters. The van der Waals surface area contributed by atoms with Crippen molar-refractivity contribution in [3.05, 3.63) is 29.8 Å².